The highest BCUT2D eigenvalue weighted by Crippen LogP contribution is 2.13. The Morgan fingerprint density at radius 3 is 1.29 bits per heavy atom. The van der Waals surface area contributed by atoms with Crippen LogP contribution >= 0.6 is 0 Å². The number of esters is 1. The zero-order chi connectivity index (χ0) is 27.6. The smallest absolute Gasteiger partial charge is 0.305 e. The van der Waals surface area contributed by atoms with Gasteiger partial charge in [0, 0.05) is 6.42 Å². The van der Waals surface area contributed by atoms with Gasteiger partial charge in [0.25, 0.3) is 0 Å². The molecule has 0 fully saturated rings. The summed E-state index contributed by atoms with van der Waals surface area (Å²) in [6.07, 6.45) is 47.3. The molecular weight excluding hydrogens is 464 g/mol. The van der Waals surface area contributed by atoms with Crippen molar-refractivity contribution in [2.45, 2.75) is 168 Å². The first-order valence-corrected chi connectivity index (χ1v) is 16.6. The van der Waals surface area contributed by atoms with Gasteiger partial charge < -0.3 is 4.74 Å². The Morgan fingerprint density at radius 2 is 0.816 bits per heavy atom. The highest BCUT2D eigenvalue weighted by molar-refractivity contribution is 5.69. The molecule has 2 heteroatoms. The summed E-state index contributed by atoms with van der Waals surface area (Å²) in [7, 11) is 0. The average molecular weight is 529 g/mol. The van der Waals surface area contributed by atoms with Gasteiger partial charge in [0.05, 0.1) is 6.61 Å². The van der Waals surface area contributed by atoms with E-state index < -0.39 is 0 Å². The van der Waals surface area contributed by atoms with Gasteiger partial charge in [0.2, 0.25) is 0 Å². The Labute approximate surface area is 238 Å². The summed E-state index contributed by atoms with van der Waals surface area (Å²) >= 11 is 0. The normalized spacial score (nSPS) is 12.2. The predicted molar refractivity (Wildman–Crippen MR) is 170 cm³/mol. The molecule has 0 unspecified atom stereocenters. The number of allylic oxidation sites excluding steroid dienone is 8. The number of rotatable bonds is 29. The van der Waals surface area contributed by atoms with Crippen LogP contribution in [-0.4, -0.2) is 12.6 Å². The zero-order valence-electron chi connectivity index (χ0n) is 25.6. The van der Waals surface area contributed by atoms with Crippen LogP contribution in [0.2, 0.25) is 0 Å². The van der Waals surface area contributed by atoms with Crippen molar-refractivity contribution in [2.24, 2.45) is 0 Å². The van der Waals surface area contributed by atoms with E-state index in [1.54, 1.807) is 0 Å². The van der Waals surface area contributed by atoms with Crippen molar-refractivity contribution in [3.05, 3.63) is 48.6 Å². The van der Waals surface area contributed by atoms with Crippen LogP contribution in [-0.2, 0) is 9.53 Å². The Kier molecular flexibility index (Phi) is 32.1. The van der Waals surface area contributed by atoms with Gasteiger partial charge in [-0.3, -0.25) is 4.79 Å². The second kappa shape index (κ2) is 33.5. The second-order valence-corrected chi connectivity index (χ2v) is 10.8. The third kappa shape index (κ3) is 32.5. The molecule has 0 radical (unpaired) electrons. The van der Waals surface area contributed by atoms with E-state index in [0.717, 1.165) is 51.4 Å². The first-order chi connectivity index (χ1) is 18.8. The molecule has 0 bridgehead atoms. The lowest BCUT2D eigenvalue weighted by molar-refractivity contribution is -0.143. The van der Waals surface area contributed by atoms with E-state index >= 15 is 0 Å². The molecule has 0 amide bonds. The van der Waals surface area contributed by atoms with Gasteiger partial charge in [-0.2, -0.15) is 0 Å². The molecule has 0 spiro atoms. The average Bonchev–Trinajstić information content (AvgIpc) is 2.92. The summed E-state index contributed by atoms with van der Waals surface area (Å²) in [4.78, 5) is 11.9. The van der Waals surface area contributed by atoms with Crippen LogP contribution in [0.15, 0.2) is 48.6 Å². The van der Waals surface area contributed by atoms with Crippen molar-refractivity contribution in [1.82, 2.24) is 0 Å². The summed E-state index contributed by atoms with van der Waals surface area (Å²) in [5.41, 5.74) is 0. The monoisotopic (exact) mass is 528 g/mol. The Hall–Kier alpha value is -1.57. The molecule has 0 saturated carbocycles. The molecule has 0 atom stereocenters. The Morgan fingerprint density at radius 1 is 0.447 bits per heavy atom. The van der Waals surface area contributed by atoms with Crippen LogP contribution in [0.3, 0.4) is 0 Å². The Balaban J connectivity index is 3.34. The van der Waals surface area contributed by atoms with Crippen molar-refractivity contribution in [2.75, 3.05) is 6.61 Å². The summed E-state index contributed by atoms with van der Waals surface area (Å²) in [5.74, 6) is -0.00852. The third-order valence-corrected chi connectivity index (χ3v) is 6.97. The lowest BCUT2D eigenvalue weighted by Crippen LogP contribution is -2.05. The van der Waals surface area contributed by atoms with Crippen molar-refractivity contribution < 1.29 is 9.53 Å². The van der Waals surface area contributed by atoms with Crippen molar-refractivity contribution >= 4 is 5.97 Å². The minimum Gasteiger partial charge on any atom is -0.466 e. The Bertz CT molecular complexity index is 584. The summed E-state index contributed by atoms with van der Waals surface area (Å²) in [6.45, 7) is 5.10. The van der Waals surface area contributed by atoms with E-state index in [1.165, 1.54) is 96.3 Å². The maximum absolute atomic E-state index is 11.9. The topological polar surface area (TPSA) is 26.3 Å². The van der Waals surface area contributed by atoms with Crippen molar-refractivity contribution in [3.63, 3.8) is 0 Å². The molecule has 0 heterocycles. The lowest BCUT2D eigenvalue weighted by Gasteiger charge is -2.05. The van der Waals surface area contributed by atoms with Gasteiger partial charge in [-0.05, 0) is 57.8 Å². The van der Waals surface area contributed by atoms with Gasteiger partial charge in [-0.15, -0.1) is 0 Å². The molecule has 0 aliphatic heterocycles. The second-order valence-electron chi connectivity index (χ2n) is 10.8. The molecule has 0 aromatic carbocycles. The molecule has 0 aliphatic carbocycles. The minimum absolute atomic E-state index is 0.00852. The van der Waals surface area contributed by atoms with Crippen LogP contribution in [0.25, 0.3) is 0 Å². The van der Waals surface area contributed by atoms with Crippen LogP contribution in [0.5, 0.6) is 0 Å². The minimum atomic E-state index is -0.00852. The van der Waals surface area contributed by atoms with Crippen molar-refractivity contribution in [3.8, 4) is 0 Å². The largest absolute Gasteiger partial charge is 0.466 e. The van der Waals surface area contributed by atoms with E-state index in [9.17, 15) is 4.79 Å². The first-order valence-electron chi connectivity index (χ1n) is 16.6. The fourth-order valence-electron chi connectivity index (χ4n) is 4.47. The number of carbonyl (C=O) groups is 1. The predicted octanol–water partition coefficient (Wildman–Crippen LogP) is 12.2. The summed E-state index contributed by atoms with van der Waals surface area (Å²) in [6, 6.07) is 0. The van der Waals surface area contributed by atoms with E-state index in [4.69, 9.17) is 4.74 Å². The number of unbranched alkanes of at least 4 members (excludes halogenated alkanes) is 17. The van der Waals surface area contributed by atoms with Gasteiger partial charge in [-0.1, -0.05) is 152 Å². The van der Waals surface area contributed by atoms with E-state index in [-0.39, 0.29) is 5.97 Å². The number of carbonyl (C=O) groups excluding carboxylic acids is 1. The van der Waals surface area contributed by atoms with Crippen LogP contribution < -0.4 is 0 Å². The maximum atomic E-state index is 11.9. The molecule has 0 saturated heterocycles. The van der Waals surface area contributed by atoms with Crippen LogP contribution in [0.4, 0.5) is 0 Å². The van der Waals surface area contributed by atoms with E-state index in [1.807, 2.05) is 0 Å². The van der Waals surface area contributed by atoms with Gasteiger partial charge >= 0.3 is 5.97 Å². The quantitative estimate of drug-likeness (QED) is 0.0548. The SMILES string of the molecule is CCCCC/C=C\C/C=C\C/C=C\C/C=C\CCCCOC(=O)CCCCCCCCCCCCCCC. The zero-order valence-corrected chi connectivity index (χ0v) is 25.6. The van der Waals surface area contributed by atoms with E-state index in [2.05, 4.69) is 62.5 Å². The molecule has 2 nitrogen and oxygen atoms in total. The van der Waals surface area contributed by atoms with Crippen molar-refractivity contribution in [1.29, 1.82) is 0 Å². The van der Waals surface area contributed by atoms with Crippen LogP contribution in [0, 0.1) is 0 Å². The highest BCUT2D eigenvalue weighted by Gasteiger charge is 2.02. The first kappa shape index (κ1) is 36.4. The molecule has 38 heavy (non-hydrogen) atoms. The molecular formula is C36H64O2. The molecule has 0 rings (SSSR count). The molecule has 0 N–H and O–H groups in total. The van der Waals surface area contributed by atoms with E-state index in [0.29, 0.717) is 13.0 Å². The number of hydrogen-bond donors (Lipinski definition) is 0. The maximum Gasteiger partial charge on any atom is 0.305 e. The van der Waals surface area contributed by atoms with Gasteiger partial charge in [0.15, 0.2) is 0 Å². The van der Waals surface area contributed by atoms with Gasteiger partial charge in [-0.25, -0.2) is 0 Å². The number of hydrogen-bond acceptors (Lipinski definition) is 2. The lowest BCUT2D eigenvalue weighted by atomic mass is 10.0. The standard InChI is InChI=1S/C36H64O2/c1-3-5-7-9-11-13-15-17-18-19-20-21-23-25-27-29-31-33-35-38-36(37)34-32-30-28-26-24-22-16-14-12-10-8-6-4-2/h11,13,17-18,20-21,25,27H,3-10,12,14-16,19,22-24,26,28-35H2,1-2H3/b13-11-,18-17-,21-20-,27-25-. The highest BCUT2D eigenvalue weighted by atomic mass is 16.5. The molecule has 0 aromatic rings. The fraction of sp³-hybridized carbons (Fsp3) is 0.750. The molecule has 0 aliphatic rings. The fourth-order valence-corrected chi connectivity index (χ4v) is 4.47. The van der Waals surface area contributed by atoms with Gasteiger partial charge in [0.1, 0.15) is 0 Å². The number of ether oxygens (including phenoxy) is 1. The molecule has 0 aromatic heterocycles. The summed E-state index contributed by atoms with van der Waals surface area (Å²) < 4.78 is 5.39. The van der Waals surface area contributed by atoms with Crippen LogP contribution in [0.1, 0.15) is 168 Å². The third-order valence-electron chi connectivity index (χ3n) is 6.97. The summed E-state index contributed by atoms with van der Waals surface area (Å²) in [5, 5.41) is 0. The molecule has 220 valence electrons.